The topological polar surface area (TPSA) is 64.2 Å². The second-order valence-corrected chi connectivity index (χ2v) is 5.74. The smallest absolute Gasteiger partial charge is 0.274 e. The second-order valence-electron chi connectivity index (χ2n) is 5.33. The van der Waals surface area contributed by atoms with Crippen molar-refractivity contribution in [2.24, 2.45) is 0 Å². The standard InChI is InChI=1S/C20H15ClN2O3/c1-3-10-26-19-14(21)11-13(12-18(19)25-2)8-9-17-20(24)23-16-7-5-4-6-15(16)22-17/h1,4-9,11-12H,10H2,2H3,(H,23,24)/b9-8+. The Bertz CT molecular complexity index is 1080. The number of hydrogen-bond donors (Lipinski definition) is 1. The molecule has 1 aromatic heterocycles. The van der Waals surface area contributed by atoms with Crippen molar-refractivity contribution < 1.29 is 9.47 Å². The fraction of sp³-hybridized carbons (Fsp3) is 0.100. The van der Waals surface area contributed by atoms with Crippen LogP contribution in [0.1, 0.15) is 11.3 Å². The number of rotatable bonds is 5. The first-order chi connectivity index (χ1) is 12.6. The molecule has 0 atom stereocenters. The number of halogens is 1. The van der Waals surface area contributed by atoms with Gasteiger partial charge in [0, 0.05) is 0 Å². The minimum Gasteiger partial charge on any atom is -0.493 e. The summed E-state index contributed by atoms with van der Waals surface area (Å²) < 4.78 is 10.7. The van der Waals surface area contributed by atoms with Gasteiger partial charge in [0.1, 0.15) is 12.3 Å². The van der Waals surface area contributed by atoms with Crippen molar-refractivity contribution in [2.75, 3.05) is 13.7 Å². The van der Waals surface area contributed by atoms with Crippen molar-refractivity contribution in [1.29, 1.82) is 0 Å². The third-order valence-electron chi connectivity index (χ3n) is 3.61. The number of fused-ring (bicyclic) bond motifs is 1. The maximum Gasteiger partial charge on any atom is 0.274 e. The summed E-state index contributed by atoms with van der Waals surface area (Å²) in [4.78, 5) is 19.3. The monoisotopic (exact) mass is 366 g/mol. The number of H-pyrrole nitrogens is 1. The number of nitrogens with zero attached hydrogens (tertiary/aromatic N) is 1. The van der Waals surface area contributed by atoms with Gasteiger partial charge < -0.3 is 14.5 Å². The molecule has 2 aromatic carbocycles. The first-order valence-corrected chi connectivity index (χ1v) is 8.11. The lowest BCUT2D eigenvalue weighted by Gasteiger charge is -2.11. The molecule has 6 heteroatoms. The Morgan fingerprint density at radius 3 is 2.88 bits per heavy atom. The number of benzene rings is 2. The molecule has 0 saturated carbocycles. The van der Waals surface area contributed by atoms with Crippen LogP contribution in [0.3, 0.4) is 0 Å². The maximum atomic E-state index is 12.2. The molecular formula is C20H15ClN2O3. The Kier molecular flexibility index (Phi) is 5.26. The number of hydrogen-bond acceptors (Lipinski definition) is 4. The normalized spacial score (nSPS) is 10.8. The Hall–Kier alpha value is -3.23. The number of aromatic nitrogens is 2. The van der Waals surface area contributed by atoms with E-state index in [4.69, 9.17) is 27.5 Å². The average Bonchev–Trinajstić information content (AvgIpc) is 2.65. The molecule has 1 N–H and O–H groups in total. The summed E-state index contributed by atoms with van der Waals surface area (Å²) in [6.45, 7) is 0.0850. The zero-order valence-corrected chi connectivity index (χ0v) is 14.7. The average molecular weight is 367 g/mol. The van der Waals surface area contributed by atoms with Gasteiger partial charge in [0.05, 0.1) is 23.2 Å². The highest BCUT2D eigenvalue weighted by molar-refractivity contribution is 6.32. The van der Waals surface area contributed by atoms with Crippen molar-refractivity contribution in [1.82, 2.24) is 9.97 Å². The van der Waals surface area contributed by atoms with Gasteiger partial charge >= 0.3 is 0 Å². The fourth-order valence-electron chi connectivity index (χ4n) is 2.42. The number of para-hydroxylation sites is 2. The zero-order valence-electron chi connectivity index (χ0n) is 14.0. The number of terminal acetylenes is 1. The maximum absolute atomic E-state index is 12.2. The molecule has 3 rings (SSSR count). The summed E-state index contributed by atoms with van der Waals surface area (Å²) in [7, 11) is 1.51. The summed E-state index contributed by atoms with van der Waals surface area (Å²) in [5.74, 6) is 3.21. The minimum atomic E-state index is -0.271. The Morgan fingerprint density at radius 1 is 1.31 bits per heavy atom. The molecule has 0 amide bonds. The highest BCUT2D eigenvalue weighted by Gasteiger charge is 2.11. The van der Waals surface area contributed by atoms with E-state index in [1.165, 1.54) is 7.11 Å². The van der Waals surface area contributed by atoms with E-state index in [-0.39, 0.29) is 12.2 Å². The predicted octanol–water partition coefficient (Wildman–Crippen LogP) is 3.77. The number of ether oxygens (including phenoxy) is 2. The summed E-state index contributed by atoms with van der Waals surface area (Å²) in [6, 6.07) is 10.8. The molecule has 0 aliphatic heterocycles. The van der Waals surface area contributed by atoms with Crippen LogP contribution in [0.2, 0.25) is 5.02 Å². The molecule has 26 heavy (non-hydrogen) atoms. The van der Waals surface area contributed by atoms with Gasteiger partial charge in [0.2, 0.25) is 0 Å². The second kappa shape index (κ2) is 7.77. The van der Waals surface area contributed by atoms with Crippen LogP contribution in [0, 0.1) is 12.3 Å². The summed E-state index contributed by atoms with van der Waals surface area (Å²) in [6.07, 6.45) is 8.56. The van der Waals surface area contributed by atoms with Gasteiger partial charge in [-0.05, 0) is 35.9 Å². The Balaban J connectivity index is 1.96. The van der Waals surface area contributed by atoms with E-state index in [0.29, 0.717) is 33.2 Å². The van der Waals surface area contributed by atoms with Gasteiger partial charge in [-0.1, -0.05) is 35.7 Å². The van der Waals surface area contributed by atoms with E-state index in [9.17, 15) is 4.79 Å². The highest BCUT2D eigenvalue weighted by atomic mass is 35.5. The van der Waals surface area contributed by atoms with Crippen LogP contribution in [0.25, 0.3) is 23.2 Å². The predicted molar refractivity (Wildman–Crippen MR) is 104 cm³/mol. The lowest BCUT2D eigenvalue weighted by molar-refractivity contribution is 0.331. The first-order valence-electron chi connectivity index (χ1n) is 7.73. The molecule has 0 unspecified atom stereocenters. The van der Waals surface area contributed by atoms with E-state index in [1.807, 2.05) is 18.2 Å². The Labute approximate surface area is 155 Å². The molecular weight excluding hydrogens is 352 g/mol. The fourth-order valence-corrected chi connectivity index (χ4v) is 2.70. The number of aromatic amines is 1. The molecule has 0 radical (unpaired) electrons. The quantitative estimate of drug-likeness (QED) is 0.698. The molecule has 0 bridgehead atoms. The third-order valence-corrected chi connectivity index (χ3v) is 3.89. The van der Waals surface area contributed by atoms with E-state index in [0.717, 1.165) is 5.56 Å². The lowest BCUT2D eigenvalue weighted by atomic mass is 10.1. The lowest BCUT2D eigenvalue weighted by Crippen LogP contribution is -2.11. The van der Waals surface area contributed by atoms with Crippen molar-refractivity contribution in [3.05, 3.63) is 63.0 Å². The van der Waals surface area contributed by atoms with Crippen LogP contribution in [-0.4, -0.2) is 23.7 Å². The van der Waals surface area contributed by atoms with E-state index < -0.39 is 0 Å². The van der Waals surface area contributed by atoms with E-state index >= 15 is 0 Å². The van der Waals surface area contributed by atoms with Gasteiger partial charge in [-0.25, -0.2) is 4.98 Å². The highest BCUT2D eigenvalue weighted by Crippen LogP contribution is 2.36. The van der Waals surface area contributed by atoms with Gasteiger partial charge in [0.25, 0.3) is 5.56 Å². The third kappa shape index (κ3) is 3.71. The van der Waals surface area contributed by atoms with E-state index in [2.05, 4.69) is 15.9 Å². The molecule has 0 aliphatic carbocycles. The van der Waals surface area contributed by atoms with Gasteiger partial charge in [-0.15, -0.1) is 6.42 Å². The molecule has 0 spiro atoms. The van der Waals surface area contributed by atoms with Crippen LogP contribution >= 0.6 is 11.6 Å². The van der Waals surface area contributed by atoms with Gasteiger partial charge in [-0.2, -0.15) is 0 Å². The molecule has 0 aliphatic rings. The van der Waals surface area contributed by atoms with Crippen molar-refractivity contribution >= 4 is 34.8 Å². The number of methoxy groups -OCH3 is 1. The van der Waals surface area contributed by atoms with Crippen molar-refractivity contribution in [3.8, 4) is 23.8 Å². The van der Waals surface area contributed by atoms with Crippen molar-refractivity contribution in [2.45, 2.75) is 0 Å². The number of nitrogens with one attached hydrogen (secondary N) is 1. The Morgan fingerprint density at radius 2 is 2.12 bits per heavy atom. The zero-order chi connectivity index (χ0) is 18.5. The summed E-state index contributed by atoms with van der Waals surface area (Å²) in [5.41, 5.74) is 2.16. The first kappa shape index (κ1) is 17.6. The molecule has 0 saturated heterocycles. The largest absolute Gasteiger partial charge is 0.493 e. The van der Waals surface area contributed by atoms with Crippen molar-refractivity contribution in [3.63, 3.8) is 0 Å². The molecule has 130 valence electrons. The molecule has 3 aromatic rings. The molecule has 1 heterocycles. The summed E-state index contributed by atoms with van der Waals surface area (Å²) in [5, 5.41) is 0.361. The summed E-state index contributed by atoms with van der Waals surface area (Å²) >= 11 is 6.25. The minimum absolute atomic E-state index is 0.0850. The van der Waals surface area contributed by atoms with Crippen LogP contribution in [0.4, 0.5) is 0 Å². The van der Waals surface area contributed by atoms with Crippen LogP contribution in [-0.2, 0) is 0 Å². The SMILES string of the molecule is C#CCOc1c(Cl)cc(/C=C/c2nc3ccccc3[nH]c2=O)cc1OC. The van der Waals surface area contributed by atoms with Crippen LogP contribution in [0.15, 0.2) is 41.2 Å². The molecule has 0 fully saturated rings. The van der Waals surface area contributed by atoms with Crippen LogP contribution in [0.5, 0.6) is 11.5 Å². The van der Waals surface area contributed by atoms with E-state index in [1.54, 1.807) is 30.4 Å². The molecule has 5 nitrogen and oxygen atoms in total. The van der Waals surface area contributed by atoms with Gasteiger partial charge in [-0.3, -0.25) is 4.79 Å². The van der Waals surface area contributed by atoms with Crippen LogP contribution < -0.4 is 15.0 Å². The van der Waals surface area contributed by atoms with Gasteiger partial charge in [0.15, 0.2) is 11.5 Å².